The maximum Gasteiger partial charge on any atom is 0.252 e. The second kappa shape index (κ2) is 4.68. The molecule has 2 atom stereocenters. The van der Waals surface area contributed by atoms with E-state index in [4.69, 9.17) is 5.11 Å². The van der Waals surface area contributed by atoms with Gasteiger partial charge in [-0.2, -0.15) is 4.31 Å². The highest BCUT2D eigenvalue weighted by Gasteiger charge is 2.36. The van der Waals surface area contributed by atoms with E-state index in [1.165, 1.54) is 15.6 Å². The molecule has 0 saturated heterocycles. The fourth-order valence-electron chi connectivity index (χ4n) is 1.81. The van der Waals surface area contributed by atoms with Crippen LogP contribution in [-0.2, 0) is 16.6 Å². The van der Waals surface area contributed by atoms with Gasteiger partial charge in [0.1, 0.15) is 4.21 Å². The van der Waals surface area contributed by atoms with Crippen LogP contribution in [0.2, 0.25) is 0 Å². The lowest BCUT2D eigenvalue weighted by Gasteiger charge is -2.15. The average Bonchev–Trinajstić information content (AvgIpc) is 2.83. The van der Waals surface area contributed by atoms with Gasteiger partial charge in [-0.3, -0.25) is 0 Å². The molecule has 0 amide bonds. The summed E-state index contributed by atoms with van der Waals surface area (Å²) in [5.74, 6) is 1.15. The lowest BCUT2D eigenvalue weighted by molar-refractivity contribution is 0.282. The number of aliphatic hydroxyl groups is 1. The van der Waals surface area contributed by atoms with Crippen LogP contribution in [0.3, 0.4) is 0 Å². The van der Waals surface area contributed by atoms with E-state index in [9.17, 15) is 8.42 Å². The number of rotatable bonds is 5. The van der Waals surface area contributed by atoms with Crippen LogP contribution in [0.15, 0.2) is 15.7 Å². The molecule has 17 heavy (non-hydrogen) atoms. The fourth-order valence-corrected chi connectivity index (χ4v) is 4.44. The van der Waals surface area contributed by atoms with Crippen molar-refractivity contribution in [1.29, 1.82) is 0 Å². The molecule has 0 spiro atoms. The highest BCUT2D eigenvalue weighted by molar-refractivity contribution is 7.91. The van der Waals surface area contributed by atoms with E-state index in [0.29, 0.717) is 28.2 Å². The van der Waals surface area contributed by atoms with Gasteiger partial charge < -0.3 is 5.11 Å². The molecule has 2 unspecified atom stereocenters. The van der Waals surface area contributed by atoms with Gasteiger partial charge >= 0.3 is 0 Å². The molecule has 0 bridgehead atoms. The maximum atomic E-state index is 12.2. The lowest BCUT2D eigenvalue weighted by Crippen LogP contribution is -2.28. The predicted molar refractivity (Wildman–Crippen MR) is 67.3 cm³/mol. The van der Waals surface area contributed by atoms with E-state index in [2.05, 4.69) is 6.92 Å². The first kappa shape index (κ1) is 13.0. The lowest BCUT2D eigenvalue weighted by atomic mass is 10.3. The Balaban J connectivity index is 2.11. The SMILES string of the molecule is CC1CC1CN(C)S(=O)(=O)c1cc(CO)cs1. The molecule has 6 heteroatoms. The molecule has 4 nitrogen and oxygen atoms in total. The molecule has 2 rings (SSSR count). The molecular formula is C11H17NO3S2. The van der Waals surface area contributed by atoms with E-state index < -0.39 is 10.0 Å². The van der Waals surface area contributed by atoms with Crippen molar-refractivity contribution in [3.05, 3.63) is 17.0 Å². The number of sulfonamides is 1. The molecular weight excluding hydrogens is 258 g/mol. The summed E-state index contributed by atoms with van der Waals surface area (Å²) in [5, 5.41) is 10.6. The number of hydrogen-bond donors (Lipinski definition) is 1. The Morgan fingerprint density at radius 1 is 1.59 bits per heavy atom. The second-order valence-corrected chi connectivity index (χ2v) is 7.87. The zero-order chi connectivity index (χ0) is 12.6. The van der Waals surface area contributed by atoms with Gasteiger partial charge in [-0.15, -0.1) is 11.3 Å². The molecule has 1 N–H and O–H groups in total. The quantitative estimate of drug-likeness (QED) is 0.886. The minimum atomic E-state index is -3.37. The maximum absolute atomic E-state index is 12.2. The van der Waals surface area contributed by atoms with Crippen LogP contribution in [0.25, 0.3) is 0 Å². The fraction of sp³-hybridized carbons (Fsp3) is 0.636. The summed E-state index contributed by atoms with van der Waals surface area (Å²) in [6.45, 7) is 2.62. The van der Waals surface area contributed by atoms with Gasteiger partial charge in [0.05, 0.1) is 6.61 Å². The van der Waals surface area contributed by atoms with Crippen LogP contribution in [0, 0.1) is 11.8 Å². The molecule has 0 aromatic carbocycles. The summed E-state index contributed by atoms with van der Waals surface area (Å²) in [4.78, 5) is 0. The first-order valence-corrected chi connectivity index (χ1v) is 7.91. The van der Waals surface area contributed by atoms with Crippen molar-refractivity contribution in [1.82, 2.24) is 4.31 Å². The van der Waals surface area contributed by atoms with E-state index in [0.717, 1.165) is 6.42 Å². The van der Waals surface area contributed by atoms with Gasteiger partial charge in [0, 0.05) is 13.6 Å². The average molecular weight is 275 g/mol. The molecule has 1 fully saturated rings. The van der Waals surface area contributed by atoms with Crippen molar-refractivity contribution in [2.24, 2.45) is 11.8 Å². The molecule has 0 aliphatic heterocycles. The summed E-state index contributed by atoms with van der Waals surface area (Å²) >= 11 is 1.17. The van der Waals surface area contributed by atoms with Crippen LogP contribution in [-0.4, -0.2) is 31.4 Å². The number of thiophene rings is 1. The summed E-state index contributed by atoms with van der Waals surface area (Å²) in [6, 6.07) is 1.55. The molecule has 1 aromatic rings. The predicted octanol–water partition coefficient (Wildman–Crippen LogP) is 1.52. The van der Waals surface area contributed by atoms with E-state index in [1.807, 2.05) is 0 Å². The van der Waals surface area contributed by atoms with Gasteiger partial charge in [0.15, 0.2) is 0 Å². The highest BCUT2D eigenvalue weighted by atomic mass is 32.2. The Hall–Kier alpha value is -0.430. The third kappa shape index (κ3) is 2.70. The zero-order valence-corrected chi connectivity index (χ0v) is 11.6. The van der Waals surface area contributed by atoms with Crippen molar-refractivity contribution in [2.45, 2.75) is 24.2 Å². The van der Waals surface area contributed by atoms with Gasteiger partial charge in [0.2, 0.25) is 0 Å². The second-order valence-electron chi connectivity index (χ2n) is 4.69. The van der Waals surface area contributed by atoms with Crippen LogP contribution in [0.4, 0.5) is 0 Å². The minimum Gasteiger partial charge on any atom is -0.392 e. The first-order valence-electron chi connectivity index (χ1n) is 5.59. The summed E-state index contributed by atoms with van der Waals surface area (Å²) in [5.41, 5.74) is 0.654. The van der Waals surface area contributed by atoms with Gasteiger partial charge in [-0.05, 0) is 35.3 Å². The van der Waals surface area contributed by atoms with Crippen molar-refractivity contribution in [3.63, 3.8) is 0 Å². The molecule has 1 saturated carbocycles. The third-order valence-electron chi connectivity index (χ3n) is 3.24. The van der Waals surface area contributed by atoms with Crippen molar-refractivity contribution in [2.75, 3.05) is 13.6 Å². The summed E-state index contributed by atoms with van der Waals surface area (Å²) < 4.78 is 26.1. The van der Waals surface area contributed by atoms with E-state index >= 15 is 0 Å². The Kier molecular flexibility index (Phi) is 3.58. The minimum absolute atomic E-state index is 0.116. The standard InChI is InChI=1S/C11H17NO3S2/c1-8-3-10(8)5-12(2)17(14,15)11-4-9(6-13)7-16-11/h4,7-8,10,13H,3,5-6H2,1-2H3. The topological polar surface area (TPSA) is 57.6 Å². The summed E-state index contributed by atoms with van der Waals surface area (Å²) in [7, 11) is -1.74. The zero-order valence-electron chi connectivity index (χ0n) is 9.96. The van der Waals surface area contributed by atoms with E-state index in [-0.39, 0.29) is 6.61 Å². The van der Waals surface area contributed by atoms with Crippen molar-refractivity contribution >= 4 is 21.4 Å². The smallest absolute Gasteiger partial charge is 0.252 e. The Labute approximate surface area is 106 Å². The number of nitrogens with zero attached hydrogens (tertiary/aromatic N) is 1. The van der Waals surface area contributed by atoms with Gasteiger partial charge in [-0.1, -0.05) is 6.92 Å². The van der Waals surface area contributed by atoms with Crippen molar-refractivity contribution in [3.8, 4) is 0 Å². The van der Waals surface area contributed by atoms with Gasteiger partial charge in [0.25, 0.3) is 10.0 Å². The monoisotopic (exact) mass is 275 g/mol. The summed E-state index contributed by atoms with van der Waals surface area (Å²) in [6.07, 6.45) is 1.12. The van der Waals surface area contributed by atoms with Gasteiger partial charge in [-0.25, -0.2) is 8.42 Å². The van der Waals surface area contributed by atoms with E-state index in [1.54, 1.807) is 18.5 Å². The molecule has 1 aromatic heterocycles. The molecule has 0 radical (unpaired) electrons. The largest absolute Gasteiger partial charge is 0.392 e. The Morgan fingerprint density at radius 3 is 2.71 bits per heavy atom. The van der Waals surface area contributed by atoms with Crippen LogP contribution < -0.4 is 0 Å². The van der Waals surface area contributed by atoms with Crippen LogP contribution in [0.5, 0.6) is 0 Å². The molecule has 1 aliphatic carbocycles. The van der Waals surface area contributed by atoms with Crippen LogP contribution in [0.1, 0.15) is 18.9 Å². The Bertz CT molecular complexity index is 495. The van der Waals surface area contributed by atoms with Crippen molar-refractivity contribution < 1.29 is 13.5 Å². The first-order chi connectivity index (χ1) is 7.95. The number of hydrogen-bond acceptors (Lipinski definition) is 4. The molecule has 1 aliphatic rings. The molecule has 1 heterocycles. The number of aliphatic hydroxyl groups excluding tert-OH is 1. The molecule has 96 valence electrons. The third-order valence-corrected chi connectivity index (χ3v) is 6.53. The normalized spacial score (nSPS) is 24.2. The van der Waals surface area contributed by atoms with Crippen LogP contribution >= 0.6 is 11.3 Å². The Morgan fingerprint density at radius 2 is 2.24 bits per heavy atom. The highest BCUT2D eigenvalue weighted by Crippen LogP contribution is 2.39.